The summed E-state index contributed by atoms with van der Waals surface area (Å²) in [6.07, 6.45) is 1.94. The lowest BCUT2D eigenvalue weighted by molar-refractivity contribution is 0.100. The second kappa shape index (κ2) is 5.90. The van der Waals surface area contributed by atoms with Gasteiger partial charge in [-0.2, -0.15) is 0 Å². The molecule has 0 spiro atoms. The lowest BCUT2D eigenvalue weighted by Crippen LogP contribution is -2.13. The van der Waals surface area contributed by atoms with Crippen molar-refractivity contribution in [2.45, 2.75) is 19.8 Å². The Labute approximate surface area is 94.9 Å². The van der Waals surface area contributed by atoms with E-state index in [9.17, 15) is 4.79 Å². The van der Waals surface area contributed by atoms with Crippen LogP contribution in [-0.2, 0) is 4.74 Å². The molecule has 0 saturated heterocycles. The zero-order valence-electron chi connectivity index (χ0n) is 9.32. The SMILES string of the molecule is CCCCOC(=N)c1cccc(C(N)=O)c1. The smallest absolute Gasteiger partial charge is 0.248 e. The molecule has 0 aliphatic carbocycles. The van der Waals surface area contributed by atoms with Crippen molar-refractivity contribution in [3.63, 3.8) is 0 Å². The largest absolute Gasteiger partial charge is 0.478 e. The molecule has 0 saturated carbocycles. The molecule has 1 rings (SSSR count). The van der Waals surface area contributed by atoms with E-state index in [0.717, 1.165) is 12.8 Å². The molecule has 1 amide bonds. The number of rotatable bonds is 5. The summed E-state index contributed by atoms with van der Waals surface area (Å²) in [6, 6.07) is 6.59. The van der Waals surface area contributed by atoms with Gasteiger partial charge in [0.25, 0.3) is 0 Å². The van der Waals surface area contributed by atoms with Crippen LogP contribution in [0, 0.1) is 5.41 Å². The first-order valence-corrected chi connectivity index (χ1v) is 5.26. The van der Waals surface area contributed by atoms with Gasteiger partial charge in [0.2, 0.25) is 11.8 Å². The van der Waals surface area contributed by atoms with Gasteiger partial charge in [-0.05, 0) is 24.6 Å². The lowest BCUT2D eigenvalue weighted by atomic mass is 10.1. The summed E-state index contributed by atoms with van der Waals surface area (Å²) in [6.45, 7) is 2.58. The molecule has 16 heavy (non-hydrogen) atoms. The molecular formula is C12H16N2O2. The average Bonchev–Trinajstić information content (AvgIpc) is 2.29. The van der Waals surface area contributed by atoms with Crippen LogP contribution in [0.2, 0.25) is 0 Å². The Bertz CT molecular complexity index is 388. The molecule has 86 valence electrons. The molecule has 0 bridgehead atoms. The molecule has 0 fully saturated rings. The number of ether oxygens (including phenoxy) is 1. The molecule has 0 unspecified atom stereocenters. The van der Waals surface area contributed by atoms with E-state index in [4.69, 9.17) is 15.9 Å². The number of amides is 1. The van der Waals surface area contributed by atoms with Crippen LogP contribution >= 0.6 is 0 Å². The highest BCUT2D eigenvalue weighted by Crippen LogP contribution is 2.06. The van der Waals surface area contributed by atoms with Crippen molar-refractivity contribution in [1.29, 1.82) is 5.41 Å². The van der Waals surface area contributed by atoms with Gasteiger partial charge in [0.15, 0.2) is 0 Å². The summed E-state index contributed by atoms with van der Waals surface area (Å²) in [4.78, 5) is 10.9. The van der Waals surface area contributed by atoms with Crippen LogP contribution < -0.4 is 5.73 Å². The van der Waals surface area contributed by atoms with Crippen LogP contribution in [0.3, 0.4) is 0 Å². The molecule has 4 nitrogen and oxygen atoms in total. The zero-order valence-corrected chi connectivity index (χ0v) is 9.32. The predicted molar refractivity (Wildman–Crippen MR) is 62.6 cm³/mol. The molecule has 0 aliphatic heterocycles. The highest BCUT2D eigenvalue weighted by molar-refractivity contribution is 5.97. The standard InChI is InChI=1S/C12H16N2O2/c1-2-3-7-16-12(14)10-6-4-5-9(8-10)11(13)15/h4-6,8,14H,2-3,7H2,1H3,(H2,13,15). The van der Waals surface area contributed by atoms with Crippen LogP contribution in [-0.4, -0.2) is 18.4 Å². The van der Waals surface area contributed by atoms with Crippen molar-refractivity contribution in [3.05, 3.63) is 35.4 Å². The molecular weight excluding hydrogens is 204 g/mol. The number of primary amides is 1. The number of carbonyl (C=O) groups is 1. The van der Waals surface area contributed by atoms with Crippen LogP contribution in [0.1, 0.15) is 35.7 Å². The minimum Gasteiger partial charge on any atom is -0.478 e. The van der Waals surface area contributed by atoms with Gasteiger partial charge < -0.3 is 10.5 Å². The van der Waals surface area contributed by atoms with E-state index in [1.165, 1.54) is 0 Å². The fourth-order valence-electron chi connectivity index (χ4n) is 1.22. The van der Waals surface area contributed by atoms with Gasteiger partial charge in [0.05, 0.1) is 6.61 Å². The number of hydrogen-bond acceptors (Lipinski definition) is 3. The Balaban J connectivity index is 2.68. The van der Waals surface area contributed by atoms with Crippen molar-refractivity contribution in [1.82, 2.24) is 0 Å². The van der Waals surface area contributed by atoms with Gasteiger partial charge >= 0.3 is 0 Å². The number of carbonyl (C=O) groups excluding carboxylic acids is 1. The molecule has 1 aromatic carbocycles. The fourth-order valence-corrected chi connectivity index (χ4v) is 1.22. The van der Waals surface area contributed by atoms with E-state index in [0.29, 0.717) is 17.7 Å². The Morgan fingerprint density at radius 3 is 2.75 bits per heavy atom. The van der Waals surface area contributed by atoms with E-state index in [2.05, 4.69) is 6.92 Å². The summed E-state index contributed by atoms with van der Waals surface area (Å²) >= 11 is 0. The van der Waals surface area contributed by atoms with Crippen molar-refractivity contribution in [2.24, 2.45) is 5.73 Å². The molecule has 1 aromatic rings. The minimum absolute atomic E-state index is 0.0801. The third-order valence-corrected chi connectivity index (χ3v) is 2.15. The highest BCUT2D eigenvalue weighted by atomic mass is 16.5. The van der Waals surface area contributed by atoms with E-state index in [-0.39, 0.29) is 5.90 Å². The topological polar surface area (TPSA) is 76.2 Å². The van der Waals surface area contributed by atoms with Crippen molar-refractivity contribution < 1.29 is 9.53 Å². The Morgan fingerprint density at radius 2 is 2.12 bits per heavy atom. The second-order valence-electron chi connectivity index (χ2n) is 3.48. The van der Waals surface area contributed by atoms with Crippen molar-refractivity contribution in [2.75, 3.05) is 6.61 Å². The van der Waals surface area contributed by atoms with Gasteiger partial charge in [-0.1, -0.05) is 19.4 Å². The van der Waals surface area contributed by atoms with Crippen LogP contribution in [0.15, 0.2) is 24.3 Å². The summed E-state index contributed by atoms with van der Waals surface area (Å²) in [5, 5.41) is 7.67. The predicted octanol–water partition coefficient (Wildman–Crippen LogP) is 1.93. The summed E-state index contributed by atoms with van der Waals surface area (Å²) in [5.41, 5.74) is 6.12. The van der Waals surface area contributed by atoms with Gasteiger partial charge in [-0.25, -0.2) is 0 Å². The first kappa shape index (κ1) is 12.2. The van der Waals surface area contributed by atoms with E-state index < -0.39 is 5.91 Å². The third kappa shape index (κ3) is 3.38. The van der Waals surface area contributed by atoms with Crippen LogP contribution in [0.5, 0.6) is 0 Å². The van der Waals surface area contributed by atoms with E-state index in [1.807, 2.05) is 0 Å². The molecule has 0 aromatic heterocycles. The Kier molecular flexibility index (Phi) is 4.51. The maximum atomic E-state index is 10.9. The summed E-state index contributed by atoms with van der Waals surface area (Å²) in [5.74, 6) is -0.417. The number of unbranched alkanes of at least 4 members (excludes halogenated alkanes) is 1. The second-order valence-corrected chi connectivity index (χ2v) is 3.48. The minimum atomic E-state index is -0.497. The van der Waals surface area contributed by atoms with E-state index in [1.54, 1.807) is 24.3 Å². The maximum Gasteiger partial charge on any atom is 0.248 e. The van der Waals surface area contributed by atoms with Crippen molar-refractivity contribution in [3.8, 4) is 0 Å². The normalized spacial score (nSPS) is 9.81. The van der Waals surface area contributed by atoms with Crippen molar-refractivity contribution >= 4 is 11.8 Å². The first-order chi connectivity index (χ1) is 7.65. The van der Waals surface area contributed by atoms with E-state index >= 15 is 0 Å². The molecule has 4 heteroatoms. The van der Waals surface area contributed by atoms with Gasteiger partial charge in [-0.3, -0.25) is 10.2 Å². The average molecular weight is 220 g/mol. The first-order valence-electron chi connectivity index (χ1n) is 5.26. The lowest BCUT2D eigenvalue weighted by Gasteiger charge is -2.07. The van der Waals surface area contributed by atoms with Gasteiger partial charge in [-0.15, -0.1) is 0 Å². The number of nitrogens with one attached hydrogen (secondary N) is 1. The van der Waals surface area contributed by atoms with Crippen LogP contribution in [0.4, 0.5) is 0 Å². The number of hydrogen-bond donors (Lipinski definition) is 2. The zero-order chi connectivity index (χ0) is 12.0. The molecule has 0 heterocycles. The monoisotopic (exact) mass is 220 g/mol. The fraction of sp³-hybridized carbons (Fsp3) is 0.333. The van der Waals surface area contributed by atoms with Gasteiger partial charge in [0, 0.05) is 11.1 Å². The van der Waals surface area contributed by atoms with Crippen LogP contribution in [0.25, 0.3) is 0 Å². The molecule has 0 atom stereocenters. The maximum absolute atomic E-state index is 10.9. The summed E-state index contributed by atoms with van der Waals surface area (Å²) < 4.78 is 5.23. The number of nitrogens with two attached hydrogens (primary N) is 1. The Hall–Kier alpha value is -1.84. The number of benzene rings is 1. The quantitative estimate of drug-likeness (QED) is 0.452. The molecule has 0 radical (unpaired) electrons. The molecule has 3 N–H and O–H groups in total. The Morgan fingerprint density at radius 1 is 1.44 bits per heavy atom. The molecule has 0 aliphatic rings. The van der Waals surface area contributed by atoms with Gasteiger partial charge in [0.1, 0.15) is 0 Å². The third-order valence-electron chi connectivity index (χ3n) is 2.15. The highest BCUT2D eigenvalue weighted by Gasteiger charge is 2.06. The summed E-state index contributed by atoms with van der Waals surface area (Å²) in [7, 11) is 0.